The van der Waals surface area contributed by atoms with Crippen LogP contribution in [0.5, 0.6) is 0 Å². The number of rotatable bonds is 4. The Balaban J connectivity index is 0. The molecule has 0 atom stereocenters. The highest BCUT2D eigenvalue weighted by molar-refractivity contribution is 5.85. The molecule has 0 bridgehead atoms. The molecule has 0 aliphatic rings. The fourth-order valence-electron chi connectivity index (χ4n) is 0.717. The molecule has 62 valence electrons. The second kappa shape index (κ2) is 8.83. The van der Waals surface area contributed by atoms with Gasteiger partial charge in [-0.15, -0.1) is 12.4 Å². The molecule has 0 fully saturated rings. The molecule has 1 N–H and O–H groups in total. The zero-order chi connectivity index (χ0) is 7.11. The van der Waals surface area contributed by atoms with Gasteiger partial charge in [-0.2, -0.15) is 0 Å². The topological polar surface area (TPSA) is 12.0 Å². The Morgan fingerprint density at radius 2 is 2.00 bits per heavy atom. The predicted octanol–water partition coefficient (Wildman–Crippen LogP) is 2.72. The van der Waals surface area contributed by atoms with Crippen LogP contribution in [0.4, 0.5) is 0 Å². The summed E-state index contributed by atoms with van der Waals surface area (Å²) in [5, 5.41) is 3.33. The minimum atomic E-state index is 0. The lowest BCUT2D eigenvalue weighted by atomic mass is 10.3. The molecule has 10 heavy (non-hydrogen) atoms. The Morgan fingerprint density at radius 3 is 2.30 bits per heavy atom. The smallest absolute Gasteiger partial charge is 0.0141 e. The first kappa shape index (κ1) is 12.5. The summed E-state index contributed by atoms with van der Waals surface area (Å²) in [5.41, 5.74) is 1.36. The van der Waals surface area contributed by atoms with Crippen molar-refractivity contribution in [1.82, 2.24) is 5.32 Å². The largest absolute Gasteiger partial charge is 0.389 e. The van der Waals surface area contributed by atoms with E-state index in [1.165, 1.54) is 12.1 Å². The Bertz CT molecular complexity index is 89.3. The van der Waals surface area contributed by atoms with Gasteiger partial charge in [0.1, 0.15) is 0 Å². The maximum Gasteiger partial charge on any atom is 0.0141 e. The average molecular weight is 164 g/mol. The van der Waals surface area contributed by atoms with E-state index < -0.39 is 0 Å². The number of allylic oxidation sites excluding steroid dienone is 2. The first-order chi connectivity index (χ1) is 4.35. The van der Waals surface area contributed by atoms with Gasteiger partial charge in [-0.25, -0.2) is 0 Å². The van der Waals surface area contributed by atoms with E-state index in [0.717, 1.165) is 13.0 Å². The van der Waals surface area contributed by atoms with Gasteiger partial charge in [0.05, 0.1) is 0 Å². The van der Waals surface area contributed by atoms with Crippen molar-refractivity contribution in [2.24, 2.45) is 0 Å². The fraction of sp³-hybridized carbons (Fsp3) is 0.750. The van der Waals surface area contributed by atoms with Crippen LogP contribution in [-0.2, 0) is 0 Å². The van der Waals surface area contributed by atoms with E-state index in [-0.39, 0.29) is 12.4 Å². The van der Waals surface area contributed by atoms with E-state index in [4.69, 9.17) is 0 Å². The van der Waals surface area contributed by atoms with E-state index in [1.807, 2.05) is 0 Å². The quantitative estimate of drug-likeness (QED) is 0.672. The van der Waals surface area contributed by atoms with Crippen molar-refractivity contribution in [1.29, 1.82) is 0 Å². The molecular weight excluding hydrogens is 146 g/mol. The molecule has 0 rings (SSSR count). The third kappa shape index (κ3) is 5.96. The first-order valence-electron chi connectivity index (χ1n) is 3.74. The van der Waals surface area contributed by atoms with Crippen molar-refractivity contribution in [2.75, 3.05) is 6.54 Å². The Hall–Kier alpha value is -0.170. The van der Waals surface area contributed by atoms with Gasteiger partial charge in [0, 0.05) is 12.2 Å². The first-order valence-corrected chi connectivity index (χ1v) is 3.74. The summed E-state index contributed by atoms with van der Waals surface area (Å²) in [6.45, 7) is 7.52. The maximum absolute atomic E-state index is 3.33. The van der Waals surface area contributed by atoms with Gasteiger partial charge >= 0.3 is 0 Å². The highest BCUT2D eigenvalue weighted by atomic mass is 35.5. The van der Waals surface area contributed by atoms with Gasteiger partial charge < -0.3 is 5.32 Å². The van der Waals surface area contributed by atoms with Crippen molar-refractivity contribution < 1.29 is 0 Å². The number of halogens is 1. The molecule has 0 aromatic heterocycles. The summed E-state index contributed by atoms with van der Waals surface area (Å²) in [4.78, 5) is 0. The molecule has 0 amide bonds. The summed E-state index contributed by atoms with van der Waals surface area (Å²) in [6, 6.07) is 0. The average Bonchev–Trinajstić information content (AvgIpc) is 1.91. The molecule has 0 heterocycles. The number of nitrogens with one attached hydrogen (secondary N) is 1. The third-order valence-corrected chi connectivity index (χ3v) is 1.33. The van der Waals surface area contributed by atoms with Crippen molar-refractivity contribution in [3.8, 4) is 0 Å². The van der Waals surface area contributed by atoms with Crippen LogP contribution in [0, 0.1) is 0 Å². The fourth-order valence-corrected chi connectivity index (χ4v) is 0.717. The van der Waals surface area contributed by atoms with Gasteiger partial charge in [0.2, 0.25) is 0 Å². The standard InChI is InChI=1S/C8H17N.ClH/c1-4-7-9-8(5-2)6-3;/h5,9H,4,6-7H2,1-3H3;1H/b8-5-;. The zero-order valence-corrected chi connectivity index (χ0v) is 7.92. The predicted molar refractivity (Wildman–Crippen MR) is 49.6 cm³/mol. The third-order valence-electron chi connectivity index (χ3n) is 1.33. The normalized spacial score (nSPS) is 10.5. The van der Waals surface area contributed by atoms with Gasteiger partial charge in [-0.3, -0.25) is 0 Å². The van der Waals surface area contributed by atoms with Crippen LogP contribution in [0.3, 0.4) is 0 Å². The van der Waals surface area contributed by atoms with Crippen molar-refractivity contribution >= 4 is 12.4 Å². The highest BCUT2D eigenvalue weighted by Crippen LogP contribution is 1.93. The van der Waals surface area contributed by atoms with Gasteiger partial charge in [-0.05, 0) is 19.8 Å². The van der Waals surface area contributed by atoms with Gasteiger partial charge in [0.15, 0.2) is 0 Å². The van der Waals surface area contributed by atoms with E-state index in [0.29, 0.717) is 0 Å². The molecule has 0 spiro atoms. The second-order valence-corrected chi connectivity index (χ2v) is 2.09. The molecule has 0 saturated carbocycles. The van der Waals surface area contributed by atoms with Crippen molar-refractivity contribution in [3.63, 3.8) is 0 Å². The molecule has 0 aromatic carbocycles. The lowest BCUT2D eigenvalue weighted by Gasteiger charge is -2.05. The number of hydrogen-bond acceptors (Lipinski definition) is 1. The van der Waals surface area contributed by atoms with Crippen LogP contribution in [0.2, 0.25) is 0 Å². The molecule has 0 saturated heterocycles. The van der Waals surface area contributed by atoms with Crippen molar-refractivity contribution in [3.05, 3.63) is 11.8 Å². The molecular formula is C8H18ClN. The van der Waals surface area contributed by atoms with Gasteiger partial charge in [-0.1, -0.05) is 19.9 Å². The van der Waals surface area contributed by atoms with Crippen LogP contribution in [-0.4, -0.2) is 6.54 Å². The van der Waals surface area contributed by atoms with E-state index in [1.54, 1.807) is 0 Å². The Kier molecular flexibility index (Phi) is 11.0. The van der Waals surface area contributed by atoms with Crippen LogP contribution in [0.25, 0.3) is 0 Å². The summed E-state index contributed by atoms with van der Waals surface area (Å²) in [6.07, 6.45) is 4.46. The van der Waals surface area contributed by atoms with Crippen LogP contribution < -0.4 is 5.32 Å². The summed E-state index contributed by atoms with van der Waals surface area (Å²) >= 11 is 0. The summed E-state index contributed by atoms with van der Waals surface area (Å²) in [7, 11) is 0. The Morgan fingerprint density at radius 1 is 1.40 bits per heavy atom. The molecule has 0 unspecified atom stereocenters. The minimum Gasteiger partial charge on any atom is -0.389 e. The van der Waals surface area contributed by atoms with E-state index in [2.05, 4.69) is 32.2 Å². The molecule has 0 aromatic rings. The zero-order valence-electron chi connectivity index (χ0n) is 7.11. The monoisotopic (exact) mass is 163 g/mol. The van der Waals surface area contributed by atoms with Crippen molar-refractivity contribution in [2.45, 2.75) is 33.6 Å². The van der Waals surface area contributed by atoms with E-state index >= 15 is 0 Å². The second-order valence-electron chi connectivity index (χ2n) is 2.09. The number of hydrogen-bond donors (Lipinski definition) is 1. The van der Waals surface area contributed by atoms with E-state index in [9.17, 15) is 0 Å². The molecule has 1 nitrogen and oxygen atoms in total. The molecule has 0 aliphatic carbocycles. The van der Waals surface area contributed by atoms with Gasteiger partial charge in [0.25, 0.3) is 0 Å². The lowest BCUT2D eigenvalue weighted by Crippen LogP contribution is -2.12. The molecule has 2 heteroatoms. The maximum atomic E-state index is 3.33. The summed E-state index contributed by atoms with van der Waals surface area (Å²) < 4.78 is 0. The summed E-state index contributed by atoms with van der Waals surface area (Å²) in [5.74, 6) is 0. The molecule has 0 radical (unpaired) electrons. The highest BCUT2D eigenvalue weighted by Gasteiger charge is 1.86. The molecule has 0 aliphatic heterocycles. The SMILES string of the molecule is C/C=C(/CC)NCCC.Cl. The lowest BCUT2D eigenvalue weighted by molar-refractivity contribution is 0.740. The van der Waals surface area contributed by atoms with Crippen LogP contribution in [0.1, 0.15) is 33.6 Å². The minimum absolute atomic E-state index is 0. The Labute approximate surface area is 70.3 Å². The van der Waals surface area contributed by atoms with Crippen LogP contribution >= 0.6 is 12.4 Å². The van der Waals surface area contributed by atoms with Crippen LogP contribution in [0.15, 0.2) is 11.8 Å².